The molecule has 4 rings (SSSR count). The van der Waals surface area contributed by atoms with Crippen molar-refractivity contribution in [2.75, 3.05) is 31.1 Å². The summed E-state index contributed by atoms with van der Waals surface area (Å²) in [6.45, 7) is 3.43. The molecule has 0 unspecified atom stereocenters. The number of amides is 1. The maximum Gasteiger partial charge on any atom is 0.225 e. The van der Waals surface area contributed by atoms with Crippen LogP contribution < -0.4 is 4.90 Å². The standard InChI is InChI=1S/C18H22BrN3OS/c19-14-6-7-15-16(12-14)24-18(20-15)22-10-8-21(9-11-22)17(23)13-4-2-1-3-5-13/h6-7,12-13H,1-5,8-11H2. The van der Waals surface area contributed by atoms with Gasteiger partial charge in [0, 0.05) is 36.6 Å². The molecule has 0 N–H and O–H groups in total. The van der Waals surface area contributed by atoms with Gasteiger partial charge in [-0.25, -0.2) is 4.98 Å². The molecule has 1 saturated heterocycles. The summed E-state index contributed by atoms with van der Waals surface area (Å²) in [4.78, 5) is 21.8. The van der Waals surface area contributed by atoms with Crippen LogP contribution in [0.5, 0.6) is 0 Å². The van der Waals surface area contributed by atoms with Gasteiger partial charge in [0.05, 0.1) is 10.2 Å². The van der Waals surface area contributed by atoms with Gasteiger partial charge in [-0.15, -0.1) is 0 Å². The van der Waals surface area contributed by atoms with Crippen LogP contribution in [0.15, 0.2) is 22.7 Å². The van der Waals surface area contributed by atoms with Gasteiger partial charge in [-0.1, -0.05) is 46.5 Å². The molecule has 2 heterocycles. The number of piperazine rings is 1. The smallest absolute Gasteiger partial charge is 0.225 e. The van der Waals surface area contributed by atoms with Crippen molar-refractivity contribution in [3.63, 3.8) is 0 Å². The fraction of sp³-hybridized carbons (Fsp3) is 0.556. The normalized spacial score (nSPS) is 19.9. The Hall–Kier alpha value is -1.14. The van der Waals surface area contributed by atoms with Gasteiger partial charge in [0.15, 0.2) is 5.13 Å². The van der Waals surface area contributed by atoms with E-state index in [-0.39, 0.29) is 5.92 Å². The molecule has 24 heavy (non-hydrogen) atoms. The van der Waals surface area contributed by atoms with E-state index in [9.17, 15) is 4.79 Å². The van der Waals surface area contributed by atoms with Crippen molar-refractivity contribution in [2.45, 2.75) is 32.1 Å². The van der Waals surface area contributed by atoms with Gasteiger partial charge < -0.3 is 9.80 Å². The van der Waals surface area contributed by atoms with Crippen LogP contribution in [0.4, 0.5) is 5.13 Å². The molecule has 1 aliphatic carbocycles. The number of hydrogen-bond donors (Lipinski definition) is 0. The van der Waals surface area contributed by atoms with Gasteiger partial charge in [-0.05, 0) is 31.0 Å². The number of benzene rings is 1. The van der Waals surface area contributed by atoms with E-state index < -0.39 is 0 Å². The summed E-state index contributed by atoms with van der Waals surface area (Å²) in [6, 6.07) is 6.22. The fourth-order valence-electron chi connectivity index (χ4n) is 3.75. The van der Waals surface area contributed by atoms with E-state index in [1.54, 1.807) is 11.3 Å². The lowest BCUT2D eigenvalue weighted by atomic mass is 9.88. The highest BCUT2D eigenvalue weighted by molar-refractivity contribution is 9.10. The Kier molecular flexibility index (Phi) is 4.77. The first kappa shape index (κ1) is 16.3. The monoisotopic (exact) mass is 407 g/mol. The van der Waals surface area contributed by atoms with E-state index in [0.29, 0.717) is 5.91 Å². The summed E-state index contributed by atoms with van der Waals surface area (Å²) in [5.41, 5.74) is 1.05. The summed E-state index contributed by atoms with van der Waals surface area (Å²) in [5, 5.41) is 1.08. The zero-order valence-electron chi connectivity index (χ0n) is 13.7. The van der Waals surface area contributed by atoms with Crippen molar-refractivity contribution in [1.82, 2.24) is 9.88 Å². The van der Waals surface area contributed by atoms with Crippen LogP contribution in [0.3, 0.4) is 0 Å². The molecule has 1 saturated carbocycles. The Balaban J connectivity index is 1.40. The zero-order chi connectivity index (χ0) is 16.5. The van der Waals surface area contributed by atoms with Gasteiger partial charge in [0.1, 0.15) is 0 Å². The van der Waals surface area contributed by atoms with E-state index in [2.05, 4.69) is 37.9 Å². The quantitative estimate of drug-likeness (QED) is 0.744. The molecule has 0 spiro atoms. The number of anilines is 1. The van der Waals surface area contributed by atoms with Crippen molar-refractivity contribution >= 4 is 48.5 Å². The van der Waals surface area contributed by atoms with Crippen molar-refractivity contribution in [3.05, 3.63) is 22.7 Å². The summed E-state index contributed by atoms with van der Waals surface area (Å²) >= 11 is 5.26. The molecule has 0 radical (unpaired) electrons. The molecule has 0 atom stereocenters. The average molecular weight is 408 g/mol. The fourth-order valence-corrected chi connectivity index (χ4v) is 5.32. The predicted octanol–water partition coefficient (Wildman–Crippen LogP) is 4.29. The Morgan fingerprint density at radius 2 is 1.88 bits per heavy atom. The van der Waals surface area contributed by atoms with E-state index >= 15 is 0 Å². The highest BCUT2D eigenvalue weighted by Gasteiger charge is 2.29. The predicted molar refractivity (Wildman–Crippen MR) is 103 cm³/mol. The highest BCUT2D eigenvalue weighted by Crippen LogP contribution is 2.32. The van der Waals surface area contributed by atoms with Gasteiger partial charge in [0.2, 0.25) is 5.91 Å². The highest BCUT2D eigenvalue weighted by atomic mass is 79.9. The van der Waals surface area contributed by atoms with Crippen LogP contribution in [0.2, 0.25) is 0 Å². The molecular weight excluding hydrogens is 386 g/mol. The van der Waals surface area contributed by atoms with Crippen LogP contribution in [0.1, 0.15) is 32.1 Å². The number of nitrogens with zero attached hydrogens (tertiary/aromatic N) is 3. The minimum absolute atomic E-state index is 0.283. The number of carbonyl (C=O) groups excluding carboxylic acids is 1. The minimum Gasteiger partial charge on any atom is -0.345 e. The second-order valence-corrected chi connectivity index (χ2v) is 8.68. The van der Waals surface area contributed by atoms with E-state index in [0.717, 1.165) is 54.1 Å². The molecule has 0 bridgehead atoms. The van der Waals surface area contributed by atoms with Gasteiger partial charge >= 0.3 is 0 Å². The number of carbonyl (C=O) groups is 1. The molecule has 1 aromatic heterocycles. The minimum atomic E-state index is 0.283. The van der Waals surface area contributed by atoms with Crippen molar-refractivity contribution in [1.29, 1.82) is 0 Å². The maximum absolute atomic E-state index is 12.7. The third-order valence-corrected chi connectivity index (χ3v) is 6.73. The van der Waals surface area contributed by atoms with Crippen LogP contribution in [-0.2, 0) is 4.79 Å². The summed E-state index contributed by atoms with van der Waals surface area (Å²) in [5.74, 6) is 0.674. The number of rotatable bonds is 2. The van der Waals surface area contributed by atoms with E-state index in [1.807, 2.05) is 6.07 Å². The number of thiazole rings is 1. The second-order valence-electron chi connectivity index (χ2n) is 6.76. The van der Waals surface area contributed by atoms with Crippen LogP contribution >= 0.6 is 27.3 Å². The Morgan fingerprint density at radius 3 is 2.62 bits per heavy atom. The SMILES string of the molecule is O=C(C1CCCCC1)N1CCN(c2nc3ccc(Br)cc3s2)CC1. The molecule has 6 heteroatoms. The molecule has 2 aromatic rings. The van der Waals surface area contributed by atoms with E-state index in [1.165, 1.54) is 24.0 Å². The van der Waals surface area contributed by atoms with Crippen LogP contribution in [0, 0.1) is 5.92 Å². The molecule has 1 aliphatic heterocycles. The topological polar surface area (TPSA) is 36.4 Å². The number of aromatic nitrogens is 1. The van der Waals surface area contributed by atoms with Gasteiger partial charge in [-0.2, -0.15) is 0 Å². The lowest BCUT2D eigenvalue weighted by molar-refractivity contribution is -0.136. The lowest BCUT2D eigenvalue weighted by Crippen LogP contribution is -2.50. The van der Waals surface area contributed by atoms with E-state index in [4.69, 9.17) is 4.98 Å². The van der Waals surface area contributed by atoms with Crippen LogP contribution in [-0.4, -0.2) is 42.0 Å². The van der Waals surface area contributed by atoms with Gasteiger partial charge in [-0.3, -0.25) is 4.79 Å². The van der Waals surface area contributed by atoms with Crippen molar-refractivity contribution in [2.24, 2.45) is 5.92 Å². The number of halogens is 1. The lowest BCUT2D eigenvalue weighted by Gasteiger charge is -2.37. The molecule has 128 valence electrons. The zero-order valence-corrected chi connectivity index (χ0v) is 16.1. The second kappa shape index (κ2) is 7.00. The first-order chi connectivity index (χ1) is 11.7. The molecule has 2 fully saturated rings. The summed E-state index contributed by atoms with van der Waals surface area (Å²) < 4.78 is 2.30. The summed E-state index contributed by atoms with van der Waals surface area (Å²) in [7, 11) is 0. The molecule has 2 aliphatic rings. The Morgan fingerprint density at radius 1 is 1.12 bits per heavy atom. The third kappa shape index (κ3) is 3.31. The Labute approximate surface area is 155 Å². The number of fused-ring (bicyclic) bond motifs is 1. The third-order valence-electron chi connectivity index (χ3n) is 5.16. The Bertz CT molecular complexity index is 733. The first-order valence-electron chi connectivity index (χ1n) is 8.80. The van der Waals surface area contributed by atoms with Crippen LogP contribution in [0.25, 0.3) is 10.2 Å². The maximum atomic E-state index is 12.7. The largest absolute Gasteiger partial charge is 0.345 e. The van der Waals surface area contributed by atoms with Gasteiger partial charge in [0.25, 0.3) is 0 Å². The average Bonchev–Trinajstić information content (AvgIpc) is 3.05. The molecule has 4 nitrogen and oxygen atoms in total. The number of hydrogen-bond acceptors (Lipinski definition) is 4. The van der Waals surface area contributed by atoms with Crippen molar-refractivity contribution in [3.8, 4) is 0 Å². The summed E-state index contributed by atoms with van der Waals surface area (Å²) in [6.07, 6.45) is 5.91. The first-order valence-corrected chi connectivity index (χ1v) is 10.4. The molecule has 1 aromatic carbocycles. The molecule has 1 amide bonds. The molecular formula is C18H22BrN3OS. The van der Waals surface area contributed by atoms with Crippen molar-refractivity contribution < 1.29 is 4.79 Å².